The summed E-state index contributed by atoms with van der Waals surface area (Å²) >= 11 is 3.43. The molecule has 0 aliphatic rings. The summed E-state index contributed by atoms with van der Waals surface area (Å²) in [5.41, 5.74) is 3.19. The highest BCUT2D eigenvalue weighted by Crippen LogP contribution is 2.11. The Kier molecular flexibility index (Phi) is 4.68. The van der Waals surface area contributed by atoms with Crippen LogP contribution in [-0.4, -0.2) is 12.8 Å². The molecule has 4 heteroatoms. The Hall–Kier alpha value is -1.68. The summed E-state index contributed by atoms with van der Waals surface area (Å²) in [5, 5.41) is 4.12. The number of rotatable bonds is 4. The molecule has 0 saturated carbocycles. The van der Waals surface area contributed by atoms with Crippen molar-refractivity contribution in [1.29, 1.82) is 0 Å². The molecule has 0 radical (unpaired) electrons. The van der Waals surface area contributed by atoms with Gasteiger partial charge < -0.3 is 4.84 Å². The largest absolute Gasteiger partial charge is 0.399 e. The van der Waals surface area contributed by atoms with Gasteiger partial charge in [-0.25, -0.2) is 0 Å². The van der Waals surface area contributed by atoms with Crippen LogP contribution in [0, 0.1) is 6.92 Å². The summed E-state index contributed by atoms with van der Waals surface area (Å²) in [6.07, 6.45) is 4.08. The fraction of sp³-hybridized carbons (Fsp3) is 0.200. The van der Waals surface area contributed by atoms with Gasteiger partial charge in [-0.1, -0.05) is 33.2 Å². The van der Waals surface area contributed by atoms with E-state index in [0.29, 0.717) is 6.54 Å². The van der Waals surface area contributed by atoms with Crippen LogP contribution >= 0.6 is 15.9 Å². The summed E-state index contributed by atoms with van der Waals surface area (Å²) < 4.78 is 3.13. The molecule has 0 bridgehead atoms. The van der Waals surface area contributed by atoms with Gasteiger partial charge in [0.1, 0.15) is 7.11 Å². The van der Waals surface area contributed by atoms with Crippen LogP contribution in [-0.2, 0) is 11.4 Å². The van der Waals surface area contributed by atoms with E-state index in [0.717, 1.165) is 15.7 Å². The van der Waals surface area contributed by atoms with Crippen molar-refractivity contribution in [3.63, 3.8) is 0 Å². The first-order valence-electron chi connectivity index (χ1n) is 6.00. The Bertz CT molecular complexity index is 562. The minimum absolute atomic E-state index is 0.676. The molecular formula is C15H16BrN2O+. The van der Waals surface area contributed by atoms with E-state index in [9.17, 15) is 0 Å². The normalized spacial score (nSPS) is 11.4. The lowest BCUT2D eigenvalue weighted by molar-refractivity contribution is -0.682. The summed E-state index contributed by atoms with van der Waals surface area (Å²) in [6, 6.07) is 12.2. The Morgan fingerprint density at radius 1 is 1.16 bits per heavy atom. The molecule has 3 nitrogen and oxygen atoms in total. The molecular weight excluding hydrogens is 304 g/mol. The third-order valence-corrected chi connectivity index (χ3v) is 3.30. The summed E-state index contributed by atoms with van der Waals surface area (Å²) in [7, 11) is 1.57. The second kappa shape index (κ2) is 6.48. The highest BCUT2D eigenvalue weighted by Gasteiger charge is 2.11. The molecule has 2 rings (SSSR count). The van der Waals surface area contributed by atoms with Crippen molar-refractivity contribution >= 4 is 21.6 Å². The molecule has 0 fully saturated rings. The third-order valence-electron chi connectivity index (χ3n) is 2.77. The van der Waals surface area contributed by atoms with Gasteiger partial charge in [0.25, 0.3) is 0 Å². The molecule has 0 aliphatic carbocycles. The van der Waals surface area contributed by atoms with Crippen LogP contribution < -0.4 is 4.57 Å². The van der Waals surface area contributed by atoms with Gasteiger partial charge in [0.2, 0.25) is 0 Å². The monoisotopic (exact) mass is 319 g/mol. The number of hydrogen-bond donors (Lipinski definition) is 0. The number of nitrogens with zero attached hydrogens (tertiary/aromatic N) is 2. The van der Waals surface area contributed by atoms with Crippen molar-refractivity contribution in [2.45, 2.75) is 13.5 Å². The molecule has 0 unspecified atom stereocenters. The molecule has 0 amide bonds. The van der Waals surface area contributed by atoms with Gasteiger partial charge in [-0.2, -0.15) is 4.57 Å². The minimum atomic E-state index is 0.676. The lowest BCUT2D eigenvalue weighted by Crippen LogP contribution is -2.37. The molecule has 0 spiro atoms. The van der Waals surface area contributed by atoms with E-state index in [1.54, 1.807) is 7.11 Å². The summed E-state index contributed by atoms with van der Waals surface area (Å²) in [5.74, 6) is 0. The number of benzene rings is 1. The van der Waals surface area contributed by atoms with E-state index in [-0.39, 0.29) is 0 Å². The number of halogens is 1. The van der Waals surface area contributed by atoms with Gasteiger partial charge in [0.15, 0.2) is 24.7 Å². The lowest BCUT2D eigenvalue weighted by atomic mass is 10.1. The quantitative estimate of drug-likeness (QED) is 0.483. The zero-order valence-electron chi connectivity index (χ0n) is 11.0. The highest BCUT2D eigenvalue weighted by molar-refractivity contribution is 9.10. The van der Waals surface area contributed by atoms with Crippen LogP contribution in [0.1, 0.15) is 11.1 Å². The molecule has 2 aromatic rings. The van der Waals surface area contributed by atoms with Crippen LogP contribution in [0.15, 0.2) is 58.4 Å². The number of oxime groups is 1. The molecule has 1 heterocycles. The average Bonchev–Trinajstić information content (AvgIpc) is 2.42. The number of pyridine rings is 1. The Balaban J connectivity index is 2.24. The second-order valence-electron chi connectivity index (χ2n) is 4.28. The fourth-order valence-electron chi connectivity index (χ4n) is 1.74. The first kappa shape index (κ1) is 13.7. The van der Waals surface area contributed by atoms with Gasteiger partial charge in [-0.3, -0.25) is 0 Å². The van der Waals surface area contributed by atoms with Crippen molar-refractivity contribution in [3.05, 3.63) is 64.4 Å². The molecule has 19 heavy (non-hydrogen) atoms. The van der Waals surface area contributed by atoms with Crippen molar-refractivity contribution in [1.82, 2.24) is 0 Å². The van der Waals surface area contributed by atoms with Crippen molar-refractivity contribution in [2.24, 2.45) is 5.16 Å². The number of aromatic nitrogens is 1. The topological polar surface area (TPSA) is 25.5 Å². The maximum Gasteiger partial charge on any atom is 0.194 e. The van der Waals surface area contributed by atoms with Gasteiger partial charge in [-0.05, 0) is 24.6 Å². The molecule has 0 atom stereocenters. The van der Waals surface area contributed by atoms with Gasteiger partial charge >= 0.3 is 0 Å². The molecule has 1 aromatic heterocycles. The molecule has 0 saturated heterocycles. The highest BCUT2D eigenvalue weighted by atomic mass is 79.9. The van der Waals surface area contributed by atoms with E-state index in [4.69, 9.17) is 4.84 Å². The predicted octanol–water partition coefficient (Wildman–Crippen LogP) is 3.10. The smallest absolute Gasteiger partial charge is 0.194 e. The van der Waals surface area contributed by atoms with Crippen LogP contribution in [0.25, 0.3) is 0 Å². The lowest BCUT2D eigenvalue weighted by Gasteiger charge is -2.03. The zero-order valence-corrected chi connectivity index (χ0v) is 12.6. The van der Waals surface area contributed by atoms with Gasteiger partial charge in [0.05, 0.1) is 0 Å². The Morgan fingerprint density at radius 2 is 1.79 bits per heavy atom. The van der Waals surface area contributed by atoms with E-state index in [1.165, 1.54) is 5.56 Å². The van der Waals surface area contributed by atoms with Crippen LogP contribution in [0.3, 0.4) is 0 Å². The maximum atomic E-state index is 4.95. The van der Waals surface area contributed by atoms with Crippen molar-refractivity contribution in [2.75, 3.05) is 7.11 Å². The van der Waals surface area contributed by atoms with Crippen LogP contribution in [0.5, 0.6) is 0 Å². The average molecular weight is 320 g/mol. The molecule has 98 valence electrons. The number of hydrogen-bond acceptors (Lipinski definition) is 2. The van der Waals surface area contributed by atoms with Crippen LogP contribution in [0.2, 0.25) is 0 Å². The maximum absolute atomic E-state index is 4.95. The van der Waals surface area contributed by atoms with Crippen LogP contribution in [0.4, 0.5) is 0 Å². The first-order valence-corrected chi connectivity index (χ1v) is 6.80. The van der Waals surface area contributed by atoms with Gasteiger partial charge in [0, 0.05) is 22.2 Å². The van der Waals surface area contributed by atoms with Crippen molar-refractivity contribution in [3.8, 4) is 0 Å². The summed E-state index contributed by atoms with van der Waals surface area (Å²) in [6.45, 7) is 2.75. The molecule has 1 aromatic carbocycles. The predicted molar refractivity (Wildman–Crippen MR) is 79.1 cm³/mol. The Labute approximate surface area is 121 Å². The first-order chi connectivity index (χ1) is 9.19. The van der Waals surface area contributed by atoms with E-state index in [1.807, 2.05) is 36.7 Å². The SMILES string of the molecule is CO/N=C(/C[n+]1ccc(C)cc1)c1ccc(Br)cc1. The van der Waals surface area contributed by atoms with E-state index >= 15 is 0 Å². The van der Waals surface area contributed by atoms with Crippen molar-refractivity contribution < 1.29 is 9.40 Å². The Morgan fingerprint density at radius 3 is 2.37 bits per heavy atom. The summed E-state index contributed by atoms with van der Waals surface area (Å²) in [4.78, 5) is 4.95. The zero-order chi connectivity index (χ0) is 13.7. The molecule has 0 aliphatic heterocycles. The van der Waals surface area contributed by atoms with E-state index < -0.39 is 0 Å². The third kappa shape index (κ3) is 3.89. The molecule has 0 N–H and O–H groups in total. The van der Waals surface area contributed by atoms with Gasteiger partial charge in [-0.15, -0.1) is 0 Å². The van der Waals surface area contributed by atoms with E-state index in [2.05, 4.69) is 44.7 Å². The second-order valence-corrected chi connectivity index (χ2v) is 5.19. The minimum Gasteiger partial charge on any atom is -0.399 e. The fourth-order valence-corrected chi connectivity index (χ4v) is 2.00. The number of aryl methyl sites for hydroxylation is 1. The standard InChI is InChI=1S/C15H16BrN2O/c1-12-7-9-18(10-8-12)11-15(17-19-2)13-3-5-14(16)6-4-13/h3-10H,11H2,1-2H3/q+1/b17-15-.